The van der Waals surface area contributed by atoms with Gasteiger partial charge in [0.15, 0.2) is 0 Å². The number of likely N-dealkylation sites (tertiary alicyclic amines) is 1. The van der Waals surface area contributed by atoms with Crippen molar-refractivity contribution in [2.75, 3.05) is 6.54 Å². The van der Waals surface area contributed by atoms with Crippen molar-refractivity contribution < 1.29 is 9.59 Å². The summed E-state index contributed by atoms with van der Waals surface area (Å²) in [5.74, 6) is -0.211. The maximum absolute atomic E-state index is 12.5. The summed E-state index contributed by atoms with van der Waals surface area (Å²) in [6.45, 7) is 0.746. The Bertz CT molecular complexity index is 622. The van der Waals surface area contributed by atoms with Crippen LogP contribution in [-0.2, 0) is 4.79 Å². The third-order valence-corrected chi connectivity index (χ3v) is 4.96. The van der Waals surface area contributed by atoms with E-state index in [0.717, 1.165) is 19.4 Å². The van der Waals surface area contributed by atoms with Crippen LogP contribution in [-0.4, -0.2) is 40.3 Å². The highest BCUT2D eigenvalue weighted by Crippen LogP contribution is 2.26. The van der Waals surface area contributed by atoms with Crippen LogP contribution in [0, 0.1) is 4.64 Å². The molecular weight excluding hydrogens is 298 g/mol. The van der Waals surface area contributed by atoms with Crippen LogP contribution in [0.1, 0.15) is 48.9 Å². The summed E-state index contributed by atoms with van der Waals surface area (Å²) in [5, 5.41) is 2.84. The van der Waals surface area contributed by atoms with Crippen LogP contribution in [0.4, 0.5) is 0 Å². The van der Waals surface area contributed by atoms with E-state index in [9.17, 15) is 9.59 Å². The molecule has 0 radical (unpaired) electrons. The second kappa shape index (κ2) is 6.60. The molecule has 1 aromatic heterocycles. The number of hydrogen-bond donors (Lipinski definition) is 2. The molecule has 0 spiro atoms. The Balaban J connectivity index is 1.64. The third-order valence-electron chi connectivity index (χ3n) is 4.62. The number of carbonyl (C=O) groups is 2. The lowest BCUT2D eigenvalue weighted by atomic mass is 9.94. The van der Waals surface area contributed by atoms with Gasteiger partial charge in [0.25, 0.3) is 5.91 Å². The van der Waals surface area contributed by atoms with E-state index in [0.29, 0.717) is 22.7 Å². The first kappa shape index (κ1) is 15.2. The Morgan fingerprint density at radius 2 is 2.05 bits per heavy atom. The van der Waals surface area contributed by atoms with Crippen LogP contribution in [0.3, 0.4) is 0 Å². The normalized spacial score (nSPS) is 22.8. The smallest absolute Gasteiger partial charge is 0.254 e. The van der Waals surface area contributed by atoms with Crippen molar-refractivity contribution in [1.29, 1.82) is 0 Å². The fourth-order valence-corrected chi connectivity index (χ4v) is 3.66. The second-order valence-corrected chi connectivity index (χ2v) is 6.46. The Labute approximate surface area is 135 Å². The SMILES string of the molecule is O=C(N[C@H]1CCN(C2CCCCC2)C1=O)c1ccc[nH]c1=S. The van der Waals surface area contributed by atoms with Crippen molar-refractivity contribution in [3.8, 4) is 0 Å². The summed E-state index contributed by atoms with van der Waals surface area (Å²) < 4.78 is 0.398. The molecule has 6 heteroatoms. The molecule has 2 amide bonds. The van der Waals surface area contributed by atoms with Crippen molar-refractivity contribution in [3.05, 3.63) is 28.5 Å². The highest BCUT2D eigenvalue weighted by atomic mass is 32.1. The topological polar surface area (TPSA) is 65.2 Å². The zero-order valence-electron chi connectivity index (χ0n) is 12.5. The van der Waals surface area contributed by atoms with E-state index < -0.39 is 6.04 Å². The Morgan fingerprint density at radius 1 is 1.27 bits per heavy atom. The van der Waals surface area contributed by atoms with Gasteiger partial charge in [0, 0.05) is 18.8 Å². The minimum absolute atomic E-state index is 0.0612. The summed E-state index contributed by atoms with van der Waals surface area (Å²) in [6.07, 6.45) is 8.22. The second-order valence-electron chi connectivity index (χ2n) is 6.05. The monoisotopic (exact) mass is 319 g/mol. The molecule has 1 aromatic rings. The number of nitrogens with one attached hydrogen (secondary N) is 2. The quantitative estimate of drug-likeness (QED) is 0.841. The van der Waals surface area contributed by atoms with Gasteiger partial charge in [-0.1, -0.05) is 31.5 Å². The summed E-state index contributed by atoms with van der Waals surface area (Å²) >= 11 is 5.11. The number of carbonyl (C=O) groups excluding carboxylic acids is 2. The van der Waals surface area contributed by atoms with Crippen LogP contribution in [0.2, 0.25) is 0 Å². The standard InChI is InChI=1S/C16H21N3O2S/c20-14(12-7-4-9-17-15(12)22)18-13-8-10-19(16(13)21)11-5-2-1-3-6-11/h4,7,9,11,13H,1-3,5-6,8,10H2,(H,17,22)(H,18,20)/t13-/m0/s1. The zero-order chi connectivity index (χ0) is 15.5. The highest BCUT2D eigenvalue weighted by Gasteiger charge is 2.37. The number of nitrogens with zero attached hydrogens (tertiary/aromatic N) is 1. The molecule has 1 saturated carbocycles. The fourth-order valence-electron chi connectivity index (χ4n) is 3.43. The van der Waals surface area contributed by atoms with Crippen LogP contribution in [0.15, 0.2) is 18.3 Å². The Hall–Kier alpha value is -1.69. The van der Waals surface area contributed by atoms with Crippen LogP contribution in [0.25, 0.3) is 0 Å². The minimum Gasteiger partial charge on any atom is -0.352 e. The molecule has 118 valence electrons. The maximum Gasteiger partial charge on any atom is 0.254 e. The molecule has 0 unspecified atom stereocenters. The number of amides is 2. The lowest BCUT2D eigenvalue weighted by Gasteiger charge is -2.31. The van der Waals surface area contributed by atoms with E-state index in [4.69, 9.17) is 12.2 Å². The molecule has 2 heterocycles. The summed E-state index contributed by atoms with van der Waals surface area (Å²) in [5.41, 5.74) is 0.418. The van der Waals surface area contributed by atoms with Crippen molar-refractivity contribution in [2.24, 2.45) is 0 Å². The first-order valence-corrected chi connectivity index (χ1v) is 8.36. The average Bonchev–Trinajstić information content (AvgIpc) is 2.89. The van der Waals surface area contributed by atoms with Crippen molar-refractivity contribution in [1.82, 2.24) is 15.2 Å². The predicted octanol–water partition coefficient (Wildman–Crippen LogP) is 2.41. The van der Waals surface area contributed by atoms with E-state index in [2.05, 4.69) is 10.3 Å². The van der Waals surface area contributed by atoms with Gasteiger partial charge < -0.3 is 15.2 Å². The van der Waals surface area contributed by atoms with Gasteiger partial charge >= 0.3 is 0 Å². The lowest BCUT2D eigenvalue weighted by Crippen LogP contribution is -2.45. The zero-order valence-corrected chi connectivity index (χ0v) is 13.3. The number of pyridine rings is 1. The van der Waals surface area contributed by atoms with Gasteiger partial charge in [0.1, 0.15) is 10.7 Å². The molecule has 1 saturated heterocycles. The van der Waals surface area contributed by atoms with E-state index in [-0.39, 0.29) is 11.8 Å². The highest BCUT2D eigenvalue weighted by molar-refractivity contribution is 7.71. The number of hydrogen-bond acceptors (Lipinski definition) is 3. The first-order valence-electron chi connectivity index (χ1n) is 7.96. The van der Waals surface area contributed by atoms with Gasteiger partial charge in [-0.15, -0.1) is 0 Å². The Morgan fingerprint density at radius 3 is 2.77 bits per heavy atom. The molecule has 5 nitrogen and oxygen atoms in total. The molecule has 0 aromatic carbocycles. The van der Waals surface area contributed by atoms with E-state index in [1.54, 1.807) is 18.3 Å². The third kappa shape index (κ3) is 3.06. The van der Waals surface area contributed by atoms with Gasteiger partial charge in [-0.05, 0) is 31.4 Å². The van der Waals surface area contributed by atoms with Crippen LogP contribution < -0.4 is 5.32 Å². The van der Waals surface area contributed by atoms with Crippen LogP contribution in [0.5, 0.6) is 0 Å². The Kier molecular flexibility index (Phi) is 4.57. The molecule has 0 bridgehead atoms. The van der Waals surface area contributed by atoms with E-state index >= 15 is 0 Å². The van der Waals surface area contributed by atoms with Crippen molar-refractivity contribution >= 4 is 24.0 Å². The number of aromatic amines is 1. The molecule has 3 rings (SSSR count). The maximum atomic E-state index is 12.5. The molecular formula is C16H21N3O2S. The molecule has 2 N–H and O–H groups in total. The molecule has 1 aliphatic heterocycles. The van der Waals surface area contributed by atoms with Gasteiger partial charge in [0.2, 0.25) is 5.91 Å². The number of H-pyrrole nitrogens is 1. The van der Waals surface area contributed by atoms with Gasteiger partial charge in [-0.2, -0.15) is 0 Å². The van der Waals surface area contributed by atoms with Crippen molar-refractivity contribution in [3.63, 3.8) is 0 Å². The molecule has 1 aliphatic carbocycles. The largest absolute Gasteiger partial charge is 0.352 e. The number of aromatic nitrogens is 1. The summed E-state index contributed by atoms with van der Waals surface area (Å²) in [6, 6.07) is 3.36. The van der Waals surface area contributed by atoms with Crippen molar-refractivity contribution in [2.45, 2.75) is 50.6 Å². The summed E-state index contributed by atoms with van der Waals surface area (Å²) in [4.78, 5) is 29.6. The average molecular weight is 319 g/mol. The summed E-state index contributed by atoms with van der Waals surface area (Å²) in [7, 11) is 0. The fraction of sp³-hybridized carbons (Fsp3) is 0.562. The van der Waals surface area contributed by atoms with Gasteiger partial charge in [-0.3, -0.25) is 9.59 Å². The molecule has 2 fully saturated rings. The van der Waals surface area contributed by atoms with Gasteiger partial charge in [-0.25, -0.2) is 0 Å². The molecule has 22 heavy (non-hydrogen) atoms. The van der Waals surface area contributed by atoms with Crippen LogP contribution >= 0.6 is 12.2 Å². The van der Waals surface area contributed by atoms with E-state index in [1.165, 1.54) is 19.3 Å². The van der Waals surface area contributed by atoms with E-state index in [1.807, 2.05) is 4.90 Å². The number of rotatable bonds is 3. The minimum atomic E-state index is -0.413. The molecule has 1 atom stereocenters. The predicted molar refractivity (Wildman–Crippen MR) is 86.1 cm³/mol. The first-order chi connectivity index (χ1) is 10.7. The lowest BCUT2D eigenvalue weighted by molar-refractivity contribution is -0.131. The van der Waals surface area contributed by atoms with Gasteiger partial charge in [0.05, 0.1) is 5.56 Å². The molecule has 2 aliphatic rings.